The summed E-state index contributed by atoms with van der Waals surface area (Å²) in [5.74, 6) is 0.122. The van der Waals surface area contributed by atoms with E-state index in [9.17, 15) is 4.79 Å². The number of ketones is 1. The van der Waals surface area contributed by atoms with E-state index in [0.29, 0.717) is 16.4 Å². The van der Waals surface area contributed by atoms with E-state index in [0.717, 1.165) is 21.1 Å². The van der Waals surface area contributed by atoms with Gasteiger partial charge in [0.25, 0.3) is 5.78 Å². The molecule has 112 valence electrons. The number of halogens is 1. The summed E-state index contributed by atoms with van der Waals surface area (Å²) in [5, 5.41) is 3.21. The highest BCUT2D eigenvalue weighted by Crippen LogP contribution is 2.27. The molecular formula is C18H10BrNO2S. The second-order valence-electron chi connectivity index (χ2n) is 5.03. The van der Waals surface area contributed by atoms with Crippen LogP contribution in [0.2, 0.25) is 0 Å². The van der Waals surface area contributed by atoms with Crippen LogP contribution < -0.4 is 0 Å². The summed E-state index contributed by atoms with van der Waals surface area (Å²) in [5.41, 5.74) is 2.49. The Bertz CT molecular complexity index is 1000. The van der Waals surface area contributed by atoms with Gasteiger partial charge in [-0.3, -0.25) is 4.79 Å². The molecule has 0 N–H and O–H groups in total. The fourth-order valence-corrected chi connectivity index (χ4v) is 3.50. The van der Waals surface area contributed by atoms with Gasteiger partial charge in [-0.25, -0.2) is 4.98 Å². The first kappa shape index (κ1) is 14.4. The SMILES string of the molecule is O=C(c1cc2cc(Br)ccc2o1)c1nc(-c2ccccc2)cs1. The average molecular weight is 384 g/mol. The highest BCUT2D eigenvalue weighted by atomic mass is 79.9. The Hall–Kier alpha value is -2.24. The van der Waals surface area contributed by atoms with Gasteiger partial charge in [-0.2, -0.15) is 0 Å². The summed E-state index contributed by atoms with van der Waals surface area (Å²) in [6.45, 7) is 0. The molecule has 2 heterocycles. The number of aromatic nitrogens is 1. The van der Waals surface area contributed by atoms with Gasteiger partial charge in [0.15, 0.2) is 10.8 Å². The number of benzene rings is 2. The molecule has 0 saturated carbocycles. The molecule has 0 saturated heterocycles. The minimum atomic E-state index is -0.190. The zero-order valence-electron chi connectivity index (χ0n) is 11.8. The van der Waals surface area contributed by atoms with E-state index in [1.807, 2.05) is 53.9 Å². The molecule has 0 fully saturated rings. The molecule has 23 heavy (non-hydrogen) atoms. The van der Waals surface area contributed by atoms with Crippen molar-refractivity contribution in [1.29, 1.82) is 0 Å². The lowest BCUT2D eigenvalue weighted by Crippen LogP contribution is -1.98. The quantitative estimate of drug-likeness (QED) is 0.435. The van der Waals surface area contributed by atoms with Crippen LogP contribution in [-0.4, -0.2) is 10.8 Å². The Morgan fingerprint density at radius 3 is 2.74 bits per heavy atom. The van der Waals surface area contributed by atoms with Crippen molar-refractivity contribution in [2.24, 2.45) is 0 Å². The van der Waals surface area contributed by atoms with E-state index in [-0.39, 0.29) is 5.78 Å². The second kappa shape index (κ2) is 5.76. The first-order valence-electron chi connectivity index (χ1n) is 6.95. The molecule has 0 aliphatic carbocycles. The molecule has 0 spiro atoms. The van der Waals surface area contributed by atoms with E-state index in [2.05, 4.69) is 20.9 Å². The molecule has 0 bridgehead atoms. The first-order valence-corrected chi connectivity index (χ1v) is 8.63. The molecule has 0 atom stereocenters. The highest BCUT2D eigenvalue weighted by Gasteiger charge is 2.18. The first-order chi connectivity index (χ1) is 11.2. The van der Waals surface area contributed by atoms with Gasteiger partial charge in [0.2, 0.25) is 0 Å². The molecule has 2 aromatic heterocycles. The second-order valence-corrected chi connectivity index (χ2v) is 6.80. The van der Waals surface area contributed by atoms with Gasteiger partial charge in [-0.15, -0.1) is 11.3 Å². The minimum absolute atomic E-state index is 0.190. The van der Waals surface area contributed by atoms with Crippen molar-refractivity contribution in [2.45, 2.75) is 0 Å². The van der Waals surface area contributed by atoms with Crippen molar-refractivity contribution >= 4 is 44.0 Å². The van der Waals surface area contributed by atoms with Crippen LogP contribution in [0.3, 0.4) is 0 Å². The van der Waals surface area contributed by atoms with Crippen LogP contribution in [0.4, 0.5) is 0 Å². The van der Waals surface area contributed by atoms with E-state index >= 15 is 0 Å². The molecule has 0 unspecified atom stereocenters. The smallest absolute Gasteiger partial charge is 0.256 e. The van der Waals surface area contributed by atoms with E-state index < -0.39 is 0 Å². The van der Waals surface area contributed by atoms with E-state index in [4.69, 9.17) is 4.42 Å². The average Bonchev–Trinajstić information content (AvgIpc) is 3.21. The molecule has 0 radical (unpaired) electrons. The van der Waals surface area contributed by atoms with Crippen molar-refractivity contribution in [3.05, 3.63) is 75.2 Å². The van der Waals surface area contributed by atoms with Gasteiger partial charge in [-0.1, -0.05) is 46.3 Å². The van der Waals surface area contributed by atoms with Crippen molar-refractivity contribution in [3.63, 3.8) is 0 Å². The van der Waals surface area contributed by atoms with E-state index in [1.54, 1.807) is 6.07 Å². The summed E-state index contributed by atoms with van der Waals surface area (Å²) >= 11 is 4.75. The van der Waals surface area contributed by atoms with Gasteiger partial charge in [0.05, 0.1) is 5.69 Å². The Morgan fingerprint density at radius 2 is 1.91 bits per heavy atom. The number of nitrogens with zero attached hydrogens (tertiary/aromatic N) is 1. The van der Waals surface area contributed by atoms with Crippen LogP contribution in [0.5, 0.6) is 0 Å². The lowest BCUT2D eigenvalue weighted by atomic mass is 10.2. The zero-order valence-corrected chi connectivity index (χ0v) is 14.2. The van der Waals surface area contributed by atoms with Gasteiger partial charge in [0, 0.05) is 20.8 Å². The maximum atomic E-state index is 12.6. The Morgan fingerprint density at radius 1 is 1.09 bits per heavy atom. The fraction of sp³-hybridized carbons (Fsp3) is 0. The molecule has 0 amide bonds. The number of hydrogen-bond donors (Lipinski definition) is 0. The summed E-state index contributed by atoms with van der Waals surface area (Å²) in [7, 11) is 0. The number of rotatable bonds is 3. The normalized spacial score (nSPS) is 11.0. The molecule has 0 aliphatic rings. The van der Waals surface area contributed by atoms with Crippen LogP contribution in [0, 0.1) is 0 Å². The molecular weight excluding hydrogens is 374 g/mol. The molecule has 3 nitrogen and oxygen atoms in total. The minimum Gasteiger partial charge on any atom is -0.452 e. The number of carbonyl (C=O) groups excluding carboxylic acids is 1. The lowest BCUT2D eigenvalue weighted by Gasteiger charge is -1.94. The number of fused-ring (bicyclic) bond motifs is 1. The summed E-state index contributed by atoms with van der Waals surface area (Å²) in [6.07, 6.45) is 0. The third-order valence-corrected chi connectivity index (χ3v) is 4.80. The lowest BCUT2D eigenvalue weighted by molar-refractivity contribution is 0.101. The van der Waals surface area contributed by atoms with Crippen LogP contribution in [0.15, 0.2) is 68.9 Å². The summed E-state index contributed by atoms with van der Waals surface area (Å²) in [4.78, 5) is 17.0. The Labute approximate surface area is 144 Å². The van der Waals surface area contributed by atoms with Gasteiger partial charge >= 0.3 is 0 Å². The number of furan rings is 1. The van der Waals surface area contributed by atoms with Crippen LogP contribution in [-0.2, 0) is 0 Å². The number of thiazole rings is 1. The molecule has 0 aliphatic heterocycles. The largest absolute Gasteiger partial charge is 0.452 e. The monoisotopic (exact) mass is 383 g/mol. The highest BCUT2D eigenvalue weighted by molar-refractivity contribution is 9.10. The topological polar surface area (TPSA) is 43.1 Å². The predicted octanol–water partition coefficient (Wildman–Crippen LogP) is 5.55. The van der Waals surface area contributed by atoms with Crippen LogP contribution >= 0.6 is 27.3 Å². The third-order valence-electron chi connectivity index (χ3n) is 3.47. The Kier molecular flexibility index (Phi) is 3.59. The van der Waals surface area contributed by atoms with Crippen molar-refractivity contribution < 1.29 is 9.21 Å². The van der Waals surface area contributed by atoms with Crippen LogP contribution in [0.1, 0.15) is 15.6 Å². The van der Waals surface area contributed by atoms with Crippen LogP contribution in [0.25, 0.3) is 22.2 Å². The van der Waals surface area contributed by atoms with Crippen molar-refractivity contribution in [1.82, 2.24) is 4.98 Å². The van der Waals surface area contributed by atoms with Gasteiger partial charge < -0.3 is 4.42 Å². The molecule has 5 heteroatoms. The Balaban J connectivity index is 1.69. The molecule has 4 aromatic rings. The summed E-state index contributed by atoms with van der Waals surface area (Å²) in [6, 6.07) is 17.2. The van der Waals surface area contributed by atoms with Crippen molar-refractivity contribution in [2.75, 3.05) is 0 Å². The van der Waals surface area contributed by atoms with E-state index in [1.165, 1.54) is 11.3 Å². The fourth-order valence-electron chi connectivity index (χ4n) is 2.35. The third kappa shape index (κ3) is 2.73. The molecule has 2 aromatic carbocycles. The standard InChI is InChI=1S/C18H10BrNO2S/c19-13-6-7-15-12(8-13)9-16(22-15)17(21)18-20-14(10-23-18)11-4-2-1-3-5-11/h1-10H. The zero-order chi connectivity index (χ0) is 15.8. The molecule has 4 rings (SSSR count). The summed E-state index contributed by atoms with van der Waals surface area (Å²) < 4.78 is 6.60. The predicted molar refractivity (Wildman–Crippen MR) is 94.9 cm³/mol. The number of hydrogen-bond acceptors (Lipinski definition) is 4. The van der Waals surface area contributed by atoms with Crippen molar-refractivity contribution in [3.8, 4) is 11.3 Å². The maximum absolute atomic E-state index is 12.6. The maximum Gasteiger partial charge on any atom is 0.256 e. The van der Waals surface area contributed by atoms with Gasteiger partial charge in [0.1, 0.15) is 5.58 Å². The van der Waals surface area contributed by atoms with Gasteiger partial charge in [-0.05, 0) is 24.3 Å². The number of carbonyl (C=O) groups is 1.